The van der Waals surface area contributed by atoms with Crippen LogP contribution in [0.3, 0.4) is 0 Å². The molecule has 3 nitrogen and oxygen atoms in total. The third-order valence-corrected chi connectivity index (χ3v) is 6.70. The molecule has 0 bridgehead atoms. The van der Waals surface area contributed by atoms with Gasteiger partial charge in [-0.05, 0) is 71.4 Å². The zero-order valence-corrected chi connectivity index (χ0v) is 20.1. The molecule has 0 spiro atoms. The lowest BCUT2D eigenvalue weighted by molar-refractivity contribution is 0.465. The van der Waals surface area contributed by atoms with Crippen LogP contribution in [0.15, 0.2) is 73.8 Å². The average Bonchev–Trinajstić information content (AvgIpc) is 2.79. The Morgan fingerprint density at radius 3 is 2.29 bits per heavy atom. The third-order valence-electron chi connectivity index (χ3n) is 6.70. The molecule has 0 saturated heterocycles. The molecule has 0 heterocycles. The van der Waals surface area contributed by atoms with Crippen LogP contribution in [0.5, 0.6) is 5.75 Å². The van der Waals surface area contributed by atoms with Crippen LogP contribution in [0.2, 0.25) is 0 Å². The number of nitrogens with zero attached hydrogens (tertiary/aromatic N) is 1. The van der Waals surface area contributed by atoms with Gasteiger partial charge in [-0.15, -0.1) is 0 Å². The number of aromatic hydroxyl groups is 1. The number of phenols is 1. The van der Waals surface area contributed by atoms with Crippen LogP contribution in [-0.2, 0) is 5.41 Å². The summed E-state index contributed by atoms with van der Waals surface area (Å²) in [7, 11) is 1.77. The van der Waals surface area contributed by atoms with Gasteiger partial charge in [0.05, 0.1) is 5.56 Å². The number of halogens is 1. The second kappa shape index (κ2) is 8.53. The van der Waals surface area contributed by atoms with Crippen molar-refractivity contribution in [3.8, 4) is 5.75 Å². The van der Waals surface area contributed by atoms with Gasteiger partial charge in [0, 0.05) is 24.0 Å². The highest BCUT2D eigenvalue weighted by atomic mass is 19.1. The maximum absolute atomic E-state index is 14.5. The second-order valence-electron chi connectivity index (χ2n) is 9.60. The van der Waals surface area contributed by atoms with Crippen LogP contribution in [0.4, 0.5) is 10.1 Å². The summed E-state index contributed by atoms with van der Waals surface area (Å²) in [6.45, 7) is 14.0. The minimum Gasteiger partial charge on any atom is -0.508 e. The largest absolute Gasteiger partial charge is 0.508 e. The molecule has 3 aromatic rings. The molecule has 0 saturated carbocycles. The van der Waals surface area contributed by atoms with E-state index < -0.39 is 5.82 Å². The van der Waals surface area contributed by atoms with E-state index in [1.165, 1.54) is 17.7 Å². The molecule has 34 heavy (non-hydrogen) atoms. The first kappa shape index (κ1) is 23.4. The Morgan fingerprint density at radius 2 is 1.68 bits per heavy atom. The van der Waals surface area contributed by atoms with E-state index in [0.29, 0.717) is 16.9 Å². The molecule has 4 rings (SSSR count). The Kier molecular flexibility index (Phi) is 5.86. The first-order valence-electron chi connectivity index (χ1n) is 11.3. The quantitative estimate of drug-likeness (QED) is 0.390. The minimum atomic E-state index is -0.578. The highest BCUT2D eigenvalue weighted by Crippen LogP contribution is 2.45. The number of rotatable bonds is 5. The number of anilines is 1. The molecule has 4 heteroatoms. The monoisotopic (exact) mass is 455 g/mol. The van der Waals surface area contributed by atoms with Gasteiger partial charge in [0.2, 0.25) is 0 Å². The molecule has 1 aliphatic rings. The van der Waals surface area contributed by atoms with Crippen LogP contribution in [-0.4, -0.2) is 17.3 Å². The summed E-state index contributed by atoms with van der Waals surface area (Å²) >= 11 is 0. The topological polar surface area (TPSA) is 43.7 Å². The van der Waals surface area contributed by atoms with Crippen molar-refractivity contribution in [3.63, 3.8) is 0 Å². The van der Waals surface area contributed by atoms with Gasteiger partial charge in [0.15, 0.2) is 0 Å². The molecule has 1 aliphatic carbocycles. The standard InChI is InChI=1S/C30H30FNO2/c1-18-7-9-21(10-8-18)24-13-14-30(4,5)27-17-29(34)25(16-26(24)27)19(2)32(6)22-11-12-23(20(3)33)28(31)15-22/h7-13,15-17,33-34H,2-3,14H2,1,4-6H3. The summed E-state index contributed by atoms with van der Waals surface area (Å²) in [6, 6.07) is 16.7. The van der Waals surface area contributed by atoms with Crippen molar-refractivity contribution in [1.82, 2.24) is 0 Å². The molecule has 174 valence electrons. The number of allylic oxidation sites excluding steroid dienone is 1. The van der Waals surface area contributed by atoms with E-state index in [-0.39, 0.29) is 22.5 Å². The SMILES string of the molecule is C=C(O)c1ccc(N(C)C(=C)c2cc3c(cc2O)C(C)(C)CC=C3c2ccc(C)cc2)cc1F. The van der Waals surface area contributed by atoms with Gasteiger partial charge in [-0.1, -0.05) is 62.9 Å². The highest BCUT2D eigenvalue weighted by molar-refractivity contribution is 5.88. The Labute approximate surface area is 200 Å². The normalized spacial score (nSPS) is 14.2. The average molecular weight is 456 g/mol. The lowest BCUT2D eigenvalue weighted by atomic mass is 9.71. The number of fused-ring (bicyclic) bond motifs is 1. The van der Waals surface area contributed by atoms with Crippen LogP contribution in [0, 0.1) is 12.7 Å². The number of aliphatic hydroxyl groups excluding tert-OH is 1. The minimum absolute atomic E-state index is 0.0505. The van der Waals surface area contributed by atoms with Gasteiger partial charge in [-0.3, -0.25) is 0 Å². The molecular formula is C30H30FNO2. The fourth-order valence-electron chi connectivity index (χ4n) is 4.47. The highest BCUT2D eigenvalue weighted by Gasteiger charge is 2.30. The van der Waals surface area contributed by atoms with Gasteiger partial charge in [-0.2, -0.15) is 0 Å². The van der Waals surface area contributed by atoms with Crippen LogP contribution in [0.1, 0.15) is 53.6 Å². The first-order chi connectivity index (χ1) is 16.0. The molecule has 0 amide bonds. The maximum Gasteiger partial charge on any atom is 0.136 e. The Hall–Kier alpha value is -3.79. The third kappa shape index (κ3) is 4.12. The lowest BCUT2D eigenvalue weighted by Gasteiger charge is -2.34. The van der Waals surface area contributed by atoms with E-state index in [0.717, 1.165) is 28.7 Å². The van der Waals surface area contributed by atoms with Crippen LogP contribution < -0.4 is 4.90 Å². The lowest BCUT2D eigenvalue weighted by Crippen LogP contribution is -2.23. The maximum atomic E-state index is 14.5. The Bertz CT molecular complexity index is 1330. The Morgan fingerprint density at radius 1 is 1.00 bits per heavy atom. The molecule has 2 N–H and O–H groups in total. The first-order valence-corrected chi connectivity index (χ1v) is 11.3. The Balaban J connectivity index is 1.78. The molecule has 0 fully saturated rings. The summed E-state index contributed by atoms with van der Waals surface area (Å²) < 4.78 is 14.5. The van der Waals surface area contributed by atoms with E-state index >= 15 is 0 Å². The van der Waals surface area contributed by atoms with Crippen LogP contribution >= 0.6 is 0 Å². The molecule has 0 aliphatic heterocycles. The van der Waals surface area contributed by atoms with Crippen molar-refractivity contribution in [2.45, 2.75) is 32.6 Å². The summed E-state index contributed by atoms with van der Waals surface area (Å²) in [4.78, 5) is 1.72. The smallest absolute Gasteiger partial charge is 0.136 e. The fraction of sp³-hybridized carbons (Fsp3) is 0.200. The zero-order chi connectivity index (χ0) is 24.8. The van der Waals surface area contributed by atoms with Crippen molar-refractivity contribution in [2.75, 3.05) is 11.9 Å². The molecule has 3 aromatic carbocycles. The summed E-state index contributed by atoms with van der Waals surface area (Å²) in [5.41, 5.74) is 7.16. The summed E-state index contributed by atoms with van der Waals surface area (Å²) in [5.74, 6) is -0.767. The number of phenolic OH excluding ortho intramolecular Hbond substituents is 1. The predicted molar refractivity (Wildman–Crippen MR) is 140 cm³/mol. The van der Waals surface area contributed by atoms with Gasteiger partial charge in [0.25, 0.3) is 0 Å². The van der Waals surface area contributed by atoms with Crippen molar-refractivity contribution in [3.05, 3.63) is 113 Å². The second-order valence-corrected chi connectivity index (χ2v) is 9.60. The molecular weight excluding hydrogens is 425 g/mol. The fourth-order valence-corrected chi connectivity index (χ4v) is 4.47. The molecule has 0 unspecified atom stereocenters. The van der Waals surface area contributed by atoms with Gasteiger partial charge >= 0.3 is 0 Å². The number of hydrogen-bond donors (Lipinski definition) is 2. The van der Waals surface area contributed by atoms with E-state index in [2.05, 4.69) is 64.3 Å². The summed E-state index contributed by atoms with van der Waals surface area (Å²) in [5, 5.41) is 20.5. The molecule has 0 atom stereocenters. The molecule has 0 aromatic heterocycles. The zero-order valence-electron chi connectivity index (χ0n) is 20.1. The van der Waals surface area contributed by atoms with E-state index in [1.54, 1.807) is 18.0 Å². The van der Waals surface area contributed by atoms with Crippen LogP contribution in [0.25, 0.3) is 17.0 Å². The number of aliphatic hydroxyl groups is 1. The van der Waals surface area contributed by atoms with Crippen molar-refractivity contribution >= 4 is 22.7 Å². The number of aryl methyl sites for hydroxylation is 1. The van der Waals surface area contributed by atoms with Gasteiger partial charge in [-0.25, -0.2) is 4.39 Å². The molecule has 0 radical (unpaired) electrons. The van der Waals surface area contributed by atoms with E-state index in [1.807, 2.05) is 12.1 Å². The predicted octanol–water partition coefficient (Wildman–Crippen LogP) is 7.59. The van der Waals surface area contributed by atoms with E-state index in [4.69, 9.17) is 0 Å². The van der Waals surface area contributed by atoms with E-state index in [9.17, 15) is 14.6 Å². The number of benzene rings is 3. The number of hydrogen-bond acceptors (Lipinski definition) is 3. The van der Waals surface area contributed by atoms with Crippen molar-refractivity contribution in [2.24, 2.45) is 0 Å². The summed E-state index contributed by atoms with van der Waals surface area (Å²) in [6.07, 6.45) is 3.13. The van der Waals surface area contributed by atoms with Crippen molar-refractivity contribution < 1.29 is 14.6 Å². The van der Waals surface area contributed by atoms with Gasteiger partial charge < -0.3 is 15.1 Å². The van der Waals surface area contributed by atoms with Crippen molar-refractivity contribution in [1.29, 1.82) is 0 Å². The van der Waals surface area contributed by atoms with Gasteiger partial charge in [0.1, 0.15) is 17.3 Å².